The van der Waals surface area contributed by atoms with Crippen molar-refractivity contribution < 1.29 is 9.59 Å². The SMILES string of the molecule is CC(C)C(NC(=O)c1ccccc1Cl)C(=O)N1CCN(c2cnccn2)CC1. The Morgan fingerprint density at radius 1 is 1.11 bits per heavy atom. The van der Waals surface area contributed by atoms with Crippen LogP contribution >= 0.6 is 11.6 Å². The quantitative estimate of drug-likeness (QED) is 0.831. The maximum absolute atomic E-state index is 13.1. The molecule has 1 fully saturated rings. The van der Waals surface area contributed by atoms with Gasteiger partial charge in [0.15, 0.2) is 0 Å². The molecule has 2 aromatic rings. The van der Waals surface area contributed by atoms with Crippen molar-refractivity contribution in [2.24, 2.45) is 5.92 Å². The Morgan fingerprint density at radius 2 is 1.82 bits per heavy atom. The molecule has 28 heavy (non-hydrogen) atoms. The summed E-state index contributed by atoms with van der Waals surface area (Å²) in [5.41, 5.74) is 0.370. The summed E-state index contributed by atoms with van der Waals surface area (Å²) in [5.74, 6) is 0.351. The predicted molar refractivity (Wildman–Crippen MR) is 108 cm³/mol. The molecule has 1 saturated heterocycles. The summed E-state index contributed by atoms with van der Waals surface area (Å²) in [5, 5.41) is 3.23. The van der Waals surface area contributed by atoms with Crippen LogP contribution in [-0.4, -0.2) is 58.9 Å². The van der Waals surface area contributed by atoms with E-state index in [0.717, 1.165) is 5.82 Å². The van der Waals surface area contributed by atoms with Crippen LogP contribution in [0.15, 0.2) is 42.9 Å². The normalized spacial score (nSPS) is 15.4. The van der Waals surface area contributed by atoms with Crippen LogP contribution in [0.1, 0.15) is 24.2 Å². The number of hydrogen-bond donors (Lipinski definition) is 1. The summed E-state index contributed by atoms with van der Waals surface area (Å²) in [6.45, 7) is 6.33. The molecule has 0 saturated carbocycles. The molecule has 1 aliphatic rings. The number of halogens is 1. The Hall–Kier alpha value is -2.67. The van der Waals surface area contributed by atoms with Crippen LogP contribution in [0.4, 0.5) is 5.82 Å². The third-order valence-corrected chi connectivity index (χ3v) is 5.13. The van der Waals surface area contributed by atoms with Gasteiger partial charge in [0.1, 0.15) is 11.9 Å². The first-order valence-corrected chi connectivity index (χ1v) is 9.70. The molecule has 7 nitrogen and oxygen atoms in total. The van der Waals surface area contributed by atoms with E-state index in [1.807, 2.05) is 13.8 Å². The highest BCUT2D eigenvalue weighted by Crippen LogP contribution is 2.17. The lowest BCUT2D eigenvalue weighted by Crippen LogP contribution is -2.56. The van der Waals surface area contributed by atoms with Crippen LogP contribution in [0.5, 0.6) is 0 Å². The number of piperazine rings is 1. The number of carbonyl (C=O) groups excluding carboxylic acids is 2. The minimum absolute atomic E-state index is 0.0445. The number of benzene rings is 1. The van der Waals surface area contributed by atoms with Crippen molar-refractivity contribution in [3.8, 4) is 0 Å². The van der Waals surface area contributed by atoms with Crippen molar-refractivity contribution in [2.45, 2.75) is 19.9 Å². The van der Waals surface area contributed by atoms with Crippen LogP contribution in [0.2, 0.25) is 5.02 Å². The smallest absolute Gasteiger partial charge is 0.253 e. The standard InChI is InChI=1S/C20H24ClN5O2/c1-14(2)18(24-19(27)15-5-3-4-6-16(15)21)20(28)26-11-9-25(10-12-26)17-13-22-7-8-23-17/h3-8,13-14,18H,9-12H2,1-2H3,(H,24,27). The van der Waals surface area contributed by atoms with Crippen molar-refractivity contribution >= 4 is 29.2 Å². The molecule has 0 bridgehead atoms. The van der Waals surface area contributed by atoms with E-state index in [2.05, 4.69) is 20.2 Å². The Bertz CT molecular complexity index is 822. The molecule has 2 heterocycles. The molecule has 2 amide bonds. The minimum Gasteiger partial charge on any atom is -0.352 e. The van der Waals surface area contributed by atoms with Gasteiger partial charge in [-0.1, -0.05) is 37.6 Å². The summed E-state index contributed by atoms with van der Waals surface area (Å²) in [4.78, 5) is 38.0. The van der Waals surface area contributed by atoms with Gasteiger partial charge in [-0.2, -0.15) is 0 Å². The van der Waals surface area contributed by atoms with Gasteiger partial charge >= 0.3 is 0 Å². The van der Waals surface area contributed by atoms with Gasteiger partial charge in [-0.3, -0.25) is 14.6 Å². The summed E-state index contributed by atoms with van der Waals surface area (Å²) < 4.78 is 0. The number of carbonyl (C=O) groups is 2. The van der Waals surface area contributed by atoms with Crippen molar-refractivity contribution in [3.63, 3.8) is 0 Å². The predicted octanol–water partition coefficient (Wildman–Crippen LogP) is 2.23. The third-order valence-electron chi connectivity index (χ3n) is 4.80. The van der Waals surface area contributed by atoms with Crippen molar-refractivity contribution in [2.75, 3.05) is 31.1 Å². The Kier molecular flexibility index (Phi) is 6.46. The second-order valence-corrected chi connectivity index (χ2v) is 7.46. The molecule has 3 rings (SSSR count). The van der Waals surface area contributed by atoms with E-state index in [1.165, 1.54) is 0 Å². The number of hydrogen-bond acceptors (Lipinski definition) is 5. The number of rotatable bonds is 5. The van der Waals surface area contributed by atoms with Gasteiger partial charge in [0.05, 0.1) is 16.8 Å². The maximum Gasteiger partial charge on any atom is 0.253 e. The van der Waals surface area contributed by atoms with E-state index in [0.29, 0.717) is 36.8 Å². The fraction of sp³-hybridized carbons (Fsp3) is 0.400. The number of anilines is 1. The summed E-state index contributed by atoms with van der Waals surface area (Å²) in [6.07, 6.45) is 5.02. The second kappa shape index (κ2) is 9.01. The van der Waals surface area contributed by atoms with Crippen LogP contribution < -0.4 is 10.2 Å². The third kappa shape index (κ3) is 4.59. The van der Waals surface area contributed by atoms with Gasteiger partial charge in [0.25, 0.3) is 5.91 Å². The van der Waals surface area contributed by atoms with E-state index < -0.39 is 6.04 Å². The molecule has 1 unspecified atom stereocenters. The molecule has 1 aromatic carbocycles. The summed E-state index contributed by atoms with van der Waals surface area (Å²) >= 11 is 6.11. The molecular formula is C20H24ClN5O2. The van der Waals surface area contributed by atoms with E-state index in [-0.39, 0.29) is 17.7 Å². The lowest BCUT2D eigenvalue weighted by Gasteiger charge is -2.37. The molecule has 1 atom stereocenters. The fourth-order valence-electron chi connectivity index (χ4n) is 3.19. The number of aromatic nitrogens is 2. The zero-order chi connectivity index (χ0) is 20.1. The zero-order valence-electron chi connectivity index (χ0n) is 16.0. The average molecular weight is 402 g/mol. The minimum atomic E-state index is -0.605. The number of nitrogens with one attached hydrogen (secondary N) is 1. The molecule has 8 heteroatoms. The lowest BCUT2D eigenvalue weighted by atomic mass is 10.0. The van der Waals surface area contributed by atoms with Crippen molar-refractivity contribution in [1.82, 2.24) is 20.2 Å². The van der Waals surface area contributed by atoms with Crippen LogP contribution in [-0.2, 0) is 4.79 Å². The topological polar surface area (TPSA) is 78.4 Å². The molecular weight excluding hydrogens is 378 g/mol. The molecule has 1 aromatic heterocycles. The highest BCUT2D eigenvalue weighted by molar-refractivity contribution is 6.33. The van der Waals surface area contributed by atoms with E-state index >= 15 is 0 Å². The highest BCUT2D eigenvalue weighted by atomic mass is 35.5. The Labute approximate surface area is 169 Å². The van der Waals surface area contributed by atoms with Gasteiger partial charge in [0.2, 0.25) is 5.91 Å². The van der Waals surface area contributed by atoms with E-state index in [4.69, 9.17) is 11.6 Å². The Morgan fingerprint density at radius 3 is 2.43 bits per heavy atom. The second-order valence-electron chi connectivity index (χ2n) is 7.05. The van der Waals surface area contributed by atoms with Crippen LogP contribution in [0.3, 0.4) is 0 Å². The number of nitrogens with zero attached hydrogens (tertiary/aromatic N) is 4. The average Bonchev–Trinajstić information content (AvgIpc) is 2.72. The molecule has 0 spiro atoms. The van der Waals surface area contributed by atoms with Crippen LogP contribution in [0.25, 0.3) is 0 Å². The van der Waals surface area contributed by atoms with Gasteiger partial charge in [0, 0.05) is 38.6 Å². The monoisotopic (exact) mass is 401 g/mol. The zero-order valence-corrected chi connectivity index (χ0v) is 16.8. The molecule has 1 aliphatic heterocycles. The van der Waals surface area contributed by atoms with E-state index in [1.54, 1.807) is 47.8 Å². The van der Waals surface area contributed by atoms with Gasteiger partial charge < -0.3 is 15.1 Å². The lowest BCUT2D eigenvalue weighted by molar-refractivity contribution is -0.134. The molecule has 0 radical (unpaired) electrons. The van der Waals surface area contributed by atoms with E-state index in [9.17, 15) is 9.59 Å². The Balaban J connectivity index is 1.64. The molecule has 148 valence electrons. The first-order chi connectivity index (χ1) is 13.5. The van der Waals surface area contributed by atoms with Gasteiger partial charge in [-0.05, 0) is 18.1 Å². The van der Waals surface area contributed by atoms with Gasteiger partial charge in [-0.25, -0.2) is 4.98 Å². The van der Waals surface area contributed by atoms with Crippen molar-refractivity contribution in [3.05, 3.63) is 53.4 Å². The van der Waals surface area contributed by atoms with Crippen LogP contribution in [0, 0.1) is 5.92 Å². The number of amides is 2. The molecule has 0 aliphatic carbocycles. The van der Waals surface area contributed by atoms with Crippen molar-refractivity contribution in [1.29, 1.82) is 0 Å². The largest absolute Gasteiger partial charge is 0.352 e. The highest BCUT2D eigenvalue weighted by Gasteiger charge is 2.31. The first kappa shape index (κ1) is 20.1. The molecule has 1 N–H and O–H groups in total. The maximum atomic E-state index is 13.1. The summed E-state index contributed by atoms with van der Waals surface area (Å²) in [7, 11) is 0. The fourth-order valence-corrected chi connectivity index (χ4v) is 3.41. The van der Waals surface area contributed by atoms with Gasteiger partial charge in [-0.15, -0.1) is 0 Å². The first-order valence-electron chi connectivity index (χ1n) is 9.32. The summed E-state index contributed by atoms with van der Waals surface area (Å²) in [6, 6.07) is 6.22.